The van der Waals surface area contributed by atoms with E-state index in [4.69, 9.17) is 5.73 Å². The van der Waals surface area contributed by atoms with Crippen LogP contribution in [-0.2, 0) is 17.5 Å². The first kappa shape index (κ1) is 20.7. The molecule has 1 aromatic carbocycles. The monoisotopic (exact) mass is 368 g/mol. The summed E-state index contributed by atoms with van der Waals surface area (Å²) < 4.78 is 51.9. The van der Waals surface area contributed by atoms with Gasteiger partial charge in [-0.3, -0.25) is 4.79 Å². The van der Waals surface area contributed by atoms with E-state index in [2.05, 4.69) is 5.32 Å². The average Bonchev–Trinajstić information content (AvgIpc) is 2.44. The fraction of sp³-hybridized carbons (Fsp3) is 0.562. The van der Waals surface area contributed by atoms with E-state index in [0.29, 0.717) is 18.9 Å². The minimum absolute atomic E-state index is 0. The number of benzene rings is 1. The molecular weight excluding hydrogens is 348 g/mol. The Morgan fingerprint density at radius 3 is 2.62 bits per heavy atom. The van der Waals surface area contributed by atoms with E-state index in [1.807, 2.05) is 0 Å². The summed E-state index contributed by atoms with van der Waals surface area (Å²) in [7, 11) is 0. The molecule has 1 aliphatic rings. The molecule has 0 radical (unpaired) electrons. The van der Waals surface area contributed by atoms with Crippen molar-refractivity contribution in [3.8, 4) is 0 Å². The first-order chi connectivity index (χ1) is 10.6. The Morgan fingerprint density at radius 2 is 2.04 bits per heavy atom. The van der Waals surface area contributed by atoms with E-state index in [9.17, 15) is 22.4 Å². The van der Waals surface area contributed by atoms with Crippen molar-refractivity contribution in [3.05, 3.63) is 35.1 Å². The first-order valence-electron chi connectivity index (χ1n) is 7.53. The largest absolute Gasteiger partial charge is 0.416 e. The lowest BCUT2D eigenvalue weighted by atomic mass is 9.74. The predicted molar refractivity (Wildman–Crippen MR) is 85.0 cm³/mol. The van der Waals surface area contributed by atoms with Crippen LogP contribution in [0.25, 0.3) is 0 Å². The highest BCUT2D eigenvalue weighted by Gasteiger charge is 2.38. The molecule has 1 fully saturated rings. The summed E-state index contributed by atoms with van der Waals surface area (Å²) >= 11 is 0. The zero-order valence-electron chi connectivity index (χ0n) is 13.3. The van der Waals surface area contributed by atoms with Crippen molar-refractivity contribution in [2.24, 2.45) is 11.7 Å². The maximum Gasteiger partial charge on any atom is 0.416 e. The fourth-order valence-corrected chi connectivity index (χ4v) is 3.06. The molecule has 1 amide bonds. The van der Waals surface area contributed by atoms with Crippen molar-refractivity contribution in [2.45, 2.75) is 50.9 Å². The number of hydrogen-bond acceptors (Lipinski definition) is 2. The molecule has 2 rings (SSSR count). The van der Waals surface area contributed by atoms with Gasteiger partial charge in [-0.05, 0) is 37.5 Å². The summed E-state index contributed by atoms with van der Waals surface area (Å²) in [5.41, 5.74) is 4.23. The molecular formula is C16H21ClF4N2O. The van der Waals surface area contributed by atoms with Crippen molar-refractivity contribution in [3.63, 3.8) is 0 Å². The molecule has 2 atom stereocenters. The van der Waals surface area contributed by atoms with Gasteiger partial charge >= 0.3 is 6.18 Å². The fourth-order valence-electron chi connectivity index (χ4n) is 3.06. The molecule has 3 nitrogen and oxygen atoms in total. The van der Waals surface area contributed by atoms with Crippen LogP contribution in [0, 0.1) is 11.7 Å². The molecule has 8 heteroatoms. The SMILES string of the molecule is CC1(N)CCCCC1C(=O)NCc1ccc(F)cc1C(F)(F)F.Cl. The van der Waals surface area contributed by atoms with Gasteiger partial charge in [-0.2, -0.15) is 13.2 Å². The second-order valence-corrected chi connectivity index (χ2v) is 6.32. The maximum absolute atomic E-state index is 13.1. The number of alkyl halides is 3. The van der Waals surface area contributed by atoms with Crippen LogP contribution in [0.3, 0.4) is 0 Å². The van der Waals surface area contributed by atoms with Gasteiger partial charge in [0.2, 0.25) is 5.91 Å². The summed E-state index contributed by atoms with van der Waals surface area (Å²) in [5.74, 6) is -1.74. The molecule has 136 valence electrons. The number of rotatable bonds is 3. The van der Waals surface area contributed by atoms with Gasteiger partial charge in [0.05, 0.1) is 11.5 Å². The molecule has 0 heterocycles. The Hall–Kier alpha value is -1.34. The van der Waals surface area contributed by atoms with E-state index in [0.717, 1.165) is 25.0 Å². The average molecular weight is 369 g/mol. The number of hydrogen-bond donors (Lipinski definition) is 2. The lowest BCUT2D eigenvalue weighted by Gasteiger charge is -2.37. The molecule has 0 aliphatic heterocycles. The van der Waals surface area contributed by atoms with Crippen molar-refractivity contribution in [2.75, 3.05) is 0 Å². The lowest BCUT2D eigenvalue weighted by molar-refractivity contribution is -0.139. The van der Waals surface area contributed by atoms with Gasteiger partial charge in [0, 0.05) is 12.1 Å². The minimum atomic E-state index is -4.67. The summed E-state index contributed by atoms with van der Waals surface area (Å²) in [4.78, 5) is 12.3. The maximum atomic E-state index is 13.1. The van der Waals surface area contributed by atoms with Crippen molar-refractivity contribution >= 4 is 18.3 Å². The Bertz CT molecular complexity index is 590. The normalized spacial score (nSPS) is 24.2. The van der Waals surface area contributed by atoms with E-state index >= 15 is 0 Å². The molecule has 1 aliphatic carbocycles. The number of nitrogens with two attached hydrogens (primary N) is 1. The first-order valence-corrected chi connectivity index (χ1v) is 7.53. The van der Waals surface area contributed by atoms with Crippen molar-refractivity contribution < 1.29 is 22.4 Å². The molecule has 2 unspecified atom stereocenters. The van der Waals surface area contributed by atoms with Gasteiger partial charge < -0.3 is 11.1 Å². The molecule has 1 aromatic rings. The molecule has 0 saturated heterocycles. The van der Waals surface area contributed by atoms with Crippen LogP contribution < -0.4 is 11.1 Å². The lowest BCUT2D eigenvalue weighted by Crippen LogP contribution is -2.52. The molecule has 3 N–H and O–H groups in total. The van der Waals surface area contributed by atoms with Crippen LogP contribution in [0.15, 0.2) is 18.2 Å². The van der Waals surface area contributed by atoms with Crippen LogP contribution in [0.5, 0.6) is 0 Å². The van der Waals surface area contributed by atoms with Gasteiger partial charge in [0.1, 0.15) is 5.82 Å². The van der Waals surface area contributed by atoms with Crippen LogP contribution in [0.4, 0.5) is 17.6 Å². The van der Waals surface area contributed by atoms with E-state index < -0.39 is 29.0 Å². The molecule has 1 saturated carbocycles. The van der Waals surface area contributed by atoms with Crippen LogP contribution in [-0.4, -0.2) is 11.4 Å². The number of halogens is 5. The van der Waals surface area contributed by atoms with E-state index in [1.54, 1.807) is 6.92 Å². The third kappa shape index (κ3) is 4.83. The Balaban J connectivity index is 0.00000288. The second-order valence-electron chi connectivity index (χ2n) is 6.32. The number of amides is 1. The third-order valence-electron chi connectivity index (χ3n) is 4.40. The summed E-state index contributed by atoms with van der Waals surface area (Å²) in [5, 5.41) is 2.51. The number of carbonyl (C=O) groups excluding carboxylic acids is 1. The number of nitrogens with one attached hydrogen (secondary N) is 1. The van der Waals surface area contributed by atoms with Gasteiger partial charge in [-0.1, -0.05) is 18.9 Å². The van der Waals surface area contributed by atoms with Gasteiger partial charge in [0.15, 0.2) is 0 Å². The highest BCUT2D eigenvalue weighted by atomic mass is 35.5. The quantitative estimate of drug-likeness (QED) is 0.797. The molecule has 24 heavy (non-hydrogen) atoms. The highest BCUT2D eigenvalue weighted by molar-refractivity contribution is 5.85. The Labute approximate surface area is 144 Å². The Kier molecular flexibility index (Phi) is 6.64. The van der Waals surface area contributed by atoms with E-state index in [1.165, 1.54) is 0 Å². The number of carbonyl (C=O) groups is 1. The highest BCUT2D eigenvalue weighted by Crippen LogP contribution is 2.34. The molecule has 0 spiro atoms. The van der Waals surface area contributed by atoms with Crippen LogP contribution in [0.1, 0.15) is 43.7 Å². The topological polar surface area (TPSA) is 55.1 Å². The smallest absolute Gasteiger partial charge is 0.352 e. The van der Waals surface area contributed by atoms with Gasteiger partial charge in [0.25, 0.3) is 0 Å². The van der Waals surface area contributed by atoms with Gasteiger partial charge in [-0.15, -0.1) is 12.4 Å². The minimum Gasteiger partial charge on any atom is -0.352 e. The van der Waals surface area contributed by atoms with Crippen molar-refractivity contribution in [1.29, 1.82) is 0 Å². The van der Waals surface area contributed by atoms with Crippen LogP contribution in [0.2, 0.25) is 0 Å². The summed E-state index contributed by atoms with van der Waals surface area (Å²) in [6.07, 6.45) is -1.54. The zero-order valence-corrected chi connectivity index (χ0v) is 14.1. The van der Waals surface area contributed by atoms with E-state index in [-0.39, 0.29) is 30.4 Å². The summed E-state index contributed by atoms with van der Waals surface area (Å²) in [6.45, 7) is 1.48. The second kappa shape index (κ2) is 7.70. The molecule has 0 aromatic heterocycles. The molecule has 0 bridgehead atoms. The standard InChI is InChI=1S/C16H20F4N2O.ClH/c1-15(21)7-3-2-4-12(15)14(23)22-9-10-5-6-11(17)8-13(10)16(18,19)20;/h5-6,8,12H,2-4,7,9,21H2,1H3,(H,22,23);1H. The third-order valence-corrected chi connectivity index (χ3v) is 4.40. The van der Waals surface area contributed by atoms with Crippen molar-refractivity contribution in [1.82, 2.24) is 5.32 Å². The van der Waals surface area contributed by atoms with Crippen LogP contribution >= 0.6 is 12.4 Å². The predicted octanol–water partition coefficient (Wildman–Crippen LogP) is 3.79. The zero-order chi connectivity index (χ0) is 17.3. The Morgan fingerprint density at radius 1 is 1.38 bits per heavy atom. The van der Waals surface area contributed by atoms with Gasteiger partial charge in [-0.25, -0.2) is 4.39 Å². The summed E-state index contributed by atoms with van der Waals surface area (Å²) in [6, 6.07) is 2.43.